The van der Waals surface area contributed by atoms with Crippen molar-refractivity contribution in [3.63, 3.8) is 0 Å². The van der Waals surface area contributed by atoms with Gasteiger partial charge in [0.05, 0.1) is 12.5 Å². The highest BCUT2D eigenvalue weighted by molar-refractivity contribution is 7.88. The van der Waals surface area contributed by atoms with Gasteiger partial charge in [-0.15, -0.1) is 32.9 Å². The first-order valence-corrected chi connectivity index (χ1v) is 39.4. The maximum Gasteiger partial charge on any atom is 0.211 e. The molecule has 0 spiro atoms. The first-order valence-electron chi connectivity index (χ1n) is 32.8. The number of rotatable bonds is 15. The van der Waals surface area contributed by atoms with Crippen molar-refractivity contribution in [1.82, 2.24) is 37.5 Å². The predicted molar refractivity (Wildman–Crippen MR) is 412 cm³/mol. The lowest BCUT2D eigenvalue weighted by molar-refractivity contribution is 0.206. The van der Waals surface area contributed by atoms with Gasteiger partial charge < -0.3 is 35.8 Å². The molecule has 0 bridgehead atoms. The highest BCUT2D eigenvalue weighted by atomic mass is 32.2. The minimum Gasteiger partial charge on any atom is -0.389 e. The van der Waals surface area contributed by atoms with E-state index >= 15 is 0 Å². The summed E-state index contributed by atoms with van der Waals surface area (Å²) in [5.74, 6) is 0.209. The summed E-state index contributed by atoms with van der Waals surface area (Å²) < 4.78 is 58.6. The molecule has 6 aromatic carbocycles. The third kappa shape index (κ3) is 15.5. The Morgan fingerprint density at radius 2 is 1.07 bits per heavy atom. The Balaban J connectivity index is 0.000000140. The fraction of sp³-hybridized carbons (Fsp3) is 0.324. The second-order valence-electron chi connectivity index (χ2n) is 26.2. The molecule has 4 atom stereocenters. The van der Waals surface area contributed by atoms with Crippen LogP contribution in [0.5, 0.6) is 0 Å². The van der Waals surface area contributed by atoms with E-state index in [1.807, 2.05) is 68.6 Å². The Bertz CT molecular complexity index is 4990. The third-order valence-electron chi connectivity index (χ3n) is 19.3. The molecule has 16 nitrogen and oxygen atoms in total. The number of piperidine rings is 3. The molecule has 0 radical (unpaired) electrons. The number of nitrogens with two attached hydrogens (primary N) is 3. The number of aromatic nitrogens is 6. The molecule has 3 saturated heterocycles. The maximum absolute atomic E-state index is 12.1. The number of aryl methyl sites for hydroxylation is 5. The van der Waals surface area contributed by atoms with E-state index < -0.39 is 20.0 Å². The summed E-state index contributed by atoms with van der Waals surface area (Å²) in [6.45, 7) is 14.0. The molecule has 14 rings (SSSR count). The Morgan fingerprint density at radius 1 is 0.567 bits per heavy atom. The van der Waals surface area contributed by atoms with Crippen molar-refractivity contribution in [3.05, 3.63) is 201 Å². The van der Waals surface area contributed by atoms with Crippen molar-refractivity contribution in [2.24, 2.45) is 23.1 Å². The van der Waals surface area contributed by atoms with E-state index in [0.717, 1.165) is 118 Å². The Hall–Kier alpha value is -7.58. The lowest BCUT2D eigenvalue weighted by Gasteiger charge is -2.36. The smallest absolute Gasteiger partial charge is 0.211 e. The molecule has 0 saturated carbocycles. The lowest BCUT2D eigenvalue weighted by atomic mass is 9.95. The van der Waals surface area contributed by atoms with Gasteiger partial charge in [0.25, 0.3) is 0 Å². The van der Waals surface area contributed by atoms with Gasteiger partial charge in [-0.2, -0.15) is 4.31 Å². The second-order valence-corrected chi connectivity index (χ2v) is 33.6. The van der Waals surface area contributed by atoms with Crippen molar-refractivity contribution in [2.75, 3.05) is 50.1 Å². The van der Waals surface area contributed by atoms with Crippen LogP contribution in [0, 0.1) is 26.7 Å². The molecule has 4 unspecified atom stereocenters. The minimum absolute atomic E-state index is 0.0256. The van der Waals surface area contributed by atoms with Crippen molar-refractivity contribution in [2.45, 2.75) is 104 Å². The zero-order valence-corrected chi connectivity index (χ0v) is 61.3. The molecular weight excluding hydrogens is 1350 g/mol. The number of thiazole rings is 1. The largest absolute Gasteiger partial charge is 0.389 e. The van der Waals surface area contributed by atoms with Crippen LogP contribution >= 0.6 is 59.3 Å². The quantitative estimate of drug-likeness (QED) is 0.0816. The number of hydrogen-bond donors (Lipinski definition) is 3. The lowest BCUT2D eigenvalue weighted by Crippen LogP contribution is -2.44. The summed E-state index contributed by atoms with van der Waals surface area (Å²) in [5.41, 5.74) is 34.4. The molecule has 504 valence electrons. The Morgan fingerprint density at radius 3 is 1.55 bits per heavy atom. The number of benzene rings is 6. The molecule has 0 amide bonds. The van der Waals surface area contributed by atoms with Crippen LogP contribution < -0.4 is 22.1 Å². The zero-order valence-electron chi connectivity index (χ0n) is 55.6. The summed E-state index contributed by atoms with van der Waals surface area (Å²) in [5, 5.41) is 17.4. The van der Waals surface area contributed by atoms with Crippen LogP contribution in [0.25, 0.3) is 66.1 Å². The van der Waals surface area contributed by atoms with Gasteiger partial charge >= 0.3 is 0 Å². The average Bonchev–Trinajstić information content (AvgIpc) is 1.62. The van der Waals surface area contributed by atoms with Gasteiger partial charge in [0, 0.05) is 160 Å². The van der Waals surface area contributed by atoms with Crippen LogP contribution in [0.15, 0.2) is 158 Å². The molecule has 5 aromatic heterocycles. The van der Waals surface area contributed by atoms with Gasteiger partial charge in [-0.1, -0.05) is 135 Å². The van der Waals surface area contributed by atoms with Gasteiger partial charge in [-0.05, 0) is 142 Å². The monoisotopic (exact) mass is 1430 g/mol. The number of nitrogens with zero attached hydrogens (tertiary/aromatic N) is 9. The maximum atomic E-state index is 12.1. The molecule has 23 heteroatoms. The van der Waals surface area contributed by atoms with Crippen LogP contribution in [0.1, 0.15) is 107 Å². The van der Waals surface area contributed by atoms with Gasteiger partial charge in [-0.3, -0.25) is 0 Å². The van der Waals surface area contributed by atoms with Crippen LogP contribution in [0.4, 0.5) is 5.13 Å². The molecule has 3 aliphatic heterocycles. The van der Waals surface area contributed by atoms with E-state index in [9.17, 15) is 16.8 Å². The van der Waals surface area contributed by atoms with Crippen molar-refractivity contribution < 1.29 is 16.8 Å². The minimum atomic E-state index is -3.18. The van der Waals surface area contributed by atoms with E-state index in [2.05, 4.69) is 157 Å². The summed E-state index contributed by atoms with van der Waals surface area (Å²) in [4.78, 5) is 8.13. The number of sulfonamides is 2. The van der Waals surface area contributed by atoms with Gasteiger partial charge in [0.1, 0.15) is 25.0 Å². The van der Waals surface area contributed by atoms with E-state index in [1.54, 1.807) is 31.3 Å². The second kappa shape index (κ2) is 29.1. The zero-order chi connectivity index (χ0) is 68.6. The highest BCUT2D eigenvalue weighted by Crippen LogP contribution is 2.42. The van der Waals surface area contributed by atoms with Crippen LogP contribution in [-0.4, -0.2) is 121 Å². The number of fused-ring (bicyclic) bond motifs is 3. The summed E-state index contributed by atoms with van der Waals surface area (Å²) >= 11 is 19.0. The van der Waals surface area contributed by atoms with Crippen LogP contribution in [-0.2, 0) is 32.9 Å². The van der Waals surface area contributed by atoms with Crippen molar-refractivity contribution in [1.29, 1.82) is 0 Å². The summed E-state index contributed by atoms with van der Waals surface area (Å²) in [7, 11) is -6.34. The Kier molecular flexibility index (Phi) is 20.8. The highest BCUT2D eigenvalue weighted by Gasteiger charge is 2.35. The van der Waals surface area contributed by atoms with Crippen LogP contribution in [0.2, 0.25) is 0 Å². The van der Waals surface area contributed by atoms with Crippen molar-refractivity contribution >= 4 is 132 Å². The predicted octanol–water partition coefficient (Wildman–Crippen LogP) is 14.5. The molecule has 6 N–H and O–H groups in total. The topological polar surface area (TPSA) is 210 Å². The molecule has 3 aliphatic rings. The molecule has 97 heavy (non-hydrogen) atoms. The van der Waals surface area contributed by atoms with E-state index in [1.165, 1.54) is 67.5 Å². The van der Waals surface area contributed by atoms with E-state index in [4.69, 9.17) is 53.9 Å². The van der Waals surface area contributed by atoms with E-state index in [0.29, 0.717) is 40.6 Å². The SMILES string of the molecule is Cc1ccc2c(-c3cccc(C(N)=S)c3)cn(C3CCN(S(C)(=O)=O)C(C)C3)c2c1.Cc1ccc2c(-c3cccc(C(N)=S)c3)cn(C3CCN(S(C)(=O)=O)CC3C)c2c1.Cc1nnc(CCc2ccc3c(-c4cccc(C(N)=S)c4)cn(C4CCN(c5nccs5)CC4)c3c2)s1. The molecule has 3 fully saturated rings. The van der Waals surface area contributed by atoms with Crippen molar-refractivity contribution in [3.8, 4) is 33.4 Å². The van der Waals surface area contributed by atoms with Gasteiger partial charge in [0.2, 0.25) is 20.0 Å². The van der Waals surface area contributed by atoms with Crippen LogP contribution in [0.3, 0.4) is 0 Å². The van der Waals surface area contributed by atoms with Gasteiger partial charge in [0.15, 0.2) is 5.13 Å². The van der Waals surface area contributed by atoms with Gasteiger partial charge in [-0.25, -0.2) is 26.1 Å². The third-order valence-corrected chi connectivity index (χ3v) is 24.4. The molecule has 0 aliphatic carbocycles. The summed E-state index contributed by atoms with van der Waals surface area (Å²) in [6, 6.07) is 45.1. The molecule has 8 heterocycles. The first-order chi connectivity index (χ1) is 46.3. The first kappa shape index (κ1) is 69.3. The summed E-state index contributed by atoms with van der Waals surface area (Å²) in [6.07, 6.45) is 17.6. The fourth-order valence-corrected chi connectivity index (χ4v) is 18.2. The number of thiocarbonyl (C=S) groups is 3. The Labute approximate surface area is 593 Å². The van der Waals surface area contributed by atoms with E-state index in [-0.39, 0.29) is 24.0 Å². The normalized spacial score (nSPS) is 18.2. The molecular formula is C74H82N12O4S7. The average molecular weight is 1430 g/mol. The number of hydrogen-bond acceptors (Lipinski definition) is 13. The number of anilines is 1. The molecule has 11 aromatic rings. The fourth-order valence-electron chi connectivity index (χ4n) is 14.3. The standard InChI is InChI=1S/C28H28N6S3.2C23H27N3O2S2/c1-18-31-32-26(37-18)8-6-19-5-7-23-24(20-3-2-4-21(16-20)27(29)35)17-34(25(23)15-19)22-9-12-33(13-10-22)28-30-11-14-36-28;1-15-7-8-19-20(17-5-4-6-18(12-17)23(24)29)14-26(22(19)11-15)21-9-10-25(13-16(21)2)30(3,27)28;1-15-7-8-20-21(17-5-4-6-18(13-17)23(24)29)14-25(22(20)11-15)19-9-10-26(16(2)12-19)30(3,27)28/h2-5,7,11,14-17,22H,6,8-10,12-13H2,1H3,(H2,29,35);4-8,11-12,14,16,21H,9-10,13H2,1-3H3,(H2,24,29);4-8,11,13-14,16,19H,9-10,12H2,1-3H3,(H2,24,29).